The van der Waals surface area contributed by atoms with E-state index in [1.165, 1.54) is 44.0 Å². The highest BCUT2D eigenvalue weighted by Gasteiger charge is 2.15. The lowest BCUT2D eigenvalue weighted by Gasteiger charge is -2.32. The minimum Gasteiger partial charge on any atom is -0.316 e. The summed E-state index contributed by atoms with van der Waals surface area (Å²) in [6, 6.07) is 0.779. The van der Waals surface area contributed by atoms with Crippen LogP contribution in [0.4, 0.5) is 0 Å². The van der Waals surface area contributed by atoms with E-state index in [1.54, 1.807) is 0 Å². The van der Waals surface area contributed by atoms with Gasteiger partial charge in [-0.25, -0.2) is 0 Å². The number of rotatable bonds is 7. The topological polar surface area (TPSA) is 15.3 Å². The molecule has 1 atom stereocenters. The van der Waals surface area contributed by atoms with Gasteiger partial charge >= 0.3 is 0 Å². The van der Waals surface area contributed by atoms with E-state index >= 15 is 0 Å². The molecule has 96 valence electrons. The first kappa shape index (κ1) is 14.3. The Bertz CT molecular complexity index is 167. The van der Waals surface area contributed by atoms with Gasteiger partial charge in [0.1, 0.15) is 0 Å². The zero-order valence-electron chi connectivity index (χ0n) is 11.2. The predicted molar refractivity (Wildman–Crippen MR) is 75.3 cm³/mol. The Morgan fingerprint density at radius 2 is 1.88 bits per heavy atom. The van der Waals surface area contributed by atoms with Gasteiger partial charge in [-0.15, -0.1) is 0 Å². The maximum absolute atomic E-state index is 3.52. The lowest BCUT2D eigenvalue weighted by Crippen LogP contribution is -2.39. The fourth-order valence-corrected chi connectivity index (χ4v) is 3.05. The molecule has 1 saturated heterocycles. The first-order valence-corrected chi connectivity index (χ1v) is 7.88. The summed E-state index contributed by atoms with van der Waals surface area (Å²) >= 11 is 2.10. The van der Waals surface area contributed by atoms with Crippen LogP contribution in [0.2, 0.25) is 0 Å². The van der Waals surface area contributed by atoms with Crippen molar-refractivity contribution in [2.75, 3.05) is 37.7 Å². The van der Waals surface area contributed by atoms with E-state index in [2.05, 4.69) is 42.7 Å². The van der Waals surface area contributed by atoms with Crippen molar-refractivity contribution >= 4 is 11.8 Å². The zero-order chi connectivity index (χ0) is 11.8. The zero-order valence-corrected chi connectivity index (χ0v) is 12.0. The van der Waals surface area contributed by atoms with Crippen molar-refractivity contribution in [2.45, 2.75) is 39.7 Å². The largest absolute Gasteiger partial charge is 0.316 e. The summed E-state index contributed by atoms with van der Waals surface area (Å²) < 4.78 is 0. The van der Waals surface area contributed by atoms with Crippen LogP contribution in [0.15, 0.2) is 0 Å². The number of thioether (sulfide) groups is 1. The normalized spacial score (nSPS) is 20.2. The van der Waals surface area contributed by atoms with Crippen LogP contribution in [0.1, 0.15) is 33.6 Å². The van der Waals surface area contributed by atoms with Gasteiger partial charge < -0.3 is 5.32 Å². The molecule has 16 heavy (non-hydrogen) atoms. The SMILES string of the molecule is CC(C)CNCCCC(C)N1CCSCC1. The summed E-state index contributed by atoms with van der Waals surface area (Å²) in [5, 5.41) is 3.52. The Morgan fingerprint density at radius 3 is 2.50 bits per heavy atom. The quantitative estimate of drug-likeness (QED) is 0.693. The molecule has 1 rings (SSSR count). The first-order chi connectivity index (χ1) is 7.70. The minimum atomic E-state index is 0.775. The highest BCUT2D eigenvalue weighted by atomic mass is 32.2. The van der Waals surface area contributed by atoms with E-state index in [-0.39, 0.29) is 0 Å². The van der Waals surface area contributed by atoms with Crippen LogP contribution in [-0.2, 0) is 0 Å². The van der Waals surface area contributed by atoms with Gasteiger partial charge in [0.05, 0.1) is 0 Å². The molecule has 0 bridgehead atoms. The lowest BCUT2D eigenvalue weighted by atomic mass is 10.1. The van der Waals surface area contributed by atoms with Crippen LogP contribution in [0, 0.1) is 5.92 Å². The molecule has 1 aliphatic rings. The van der Waals surface area contributed by atoms with Gasteiger partial charge in [0.2, 0.25) is 0 Å². The van der Waals surface area contributed by atoms with Crippen molar-refractivity contribution < 1.29 is 0 Å². The summed E-state index contributed by atoms with van der Waals surface area (Å²) in [6.45, 7) is 11.9. The second kappa shape index (κ2) is 8.37. The van der Waals surface area contributed by atoms with Gasteiger partial charge in [-0.05, 0) is 38.8 Å². The standard InChI is InChI=1S/C13H28N2S/c1-12(2)11-14-6-4-5-13(3)15-7-9-16-10-8-15/h12-14H,4-11H2,1-3H3. The molecule has 1 unspecified atom stereocenters. The van der Waals surface area contributed by atoms with Crippen LogP contribution in [-0.4, -0.2) is 48.6 Å². The molecule has 0 aromatic heterocycles. The highest BCUT2D eigenvalue weighted by Crippen LogP contribution is 2.14. The van der Waals surface area contributed by atoms with Gasteiger partial charge in [-0.1, -0.05) is 13.8 Å². The maximum Gasteiger partial charge on any atom is 0.00755 e. The fourth-order valence-electron chi connectivity index (χ4n) is 2.11. The third kappa shape index (κ3) is 6.12. The van der Waals surface area contributed by atoms with Crippen molar-refractivity contribution in [2.24, 2.45) is 5.92 Å². The average molecular weight is 244 g/mol. The molecule has 1 heterocycles. The molecule has 0 amide bonds. The average Bonchev–Trinajstić information content (AvgIpc) is 2.29. The minimum absolute atomic E-state index is 0.775. The van der Waals surface area contributed by atoms with Crippen LogP contribution < -0.4 is 5.32 Å². The molecule has 0 saturated carbocycles. The maximum atomic E-state index is 3.52. The Morgan fingerprint density at radius 1 is 1.19 bits per heavy atom. The molecule has 3 heteroatoms. The van der Waals surface area contributed by atoms with Crippen LogP contribution in [0.5, 0.6) is 0 Å². The van der Waals surface area contributed by atoms with Crippen LogP contribution in [0.3, 0.4) is 0 Å². The smallest absolute Gasteiger partial charge is 0.00755 e. The molecular weight excluding hydrogens is 216 g/mol. The first-order valence-electron chi connectivity index (χ1n) is 6.72. The van der Waals surface area contributed by atoms with Crippen molar-refractivity contribution in [1.29, 1.82) is 0 Å². The summed E-state index contributed by atoms with van der Waals surface area (Å²) in [5.41, 5.74) is 0. The van der Waals surface area contributed by atoms with Crippen molar-refractivity contribution in [1.82, 2.24) is 10.2 Å². The van der Waals surface area contributed by atoms with E-state index in [0.29, 0.717) is 0 Å². The van der Waals surface area contributed by atoms with Crippen LogP contribution >= 0.6 is 11.8 Å². The summed E-state index contributed by atoms with van der Waals surface area (Å²) in [7, 11) is 0. The molecule has 0 aliphatic carbocycles. The second-order valence-electron chi connectivity index (χ2n) is 5.24. The molecule has 1 N–H and O–H groups in total. The van der Waals surface area contributed by atoms with Gasteiger partial charge in [-0.2, -0.15) is 11.8 Å². The van der Waals surface area contributed by atoms with E-state index < -0.39 is 0 Å². The summed E-state index contributed by atoms with van der Waals surface area (Å²) in [4.78, 5) is 2.65. The summed E-state index contributed by atoms with van der Waals surface area (Å²) in [6.07, 6.45) is 2.66. The van der Waals surface area contributed by atoms with Crippen LogP contribution in [0.25, 0.3) is 0 Å². The van der Waals surface area contributed by atoms with Gasteiger partial charge in [0.25, 0.3) is 0 Å². The Balaban J connectivity index is 1.98. The Kier molecular flexibility index (Phi) is 7.50. The Labute approximate surface area is 106 Å². The number of nitrogens with zero attached hydrogens (tertiary/aromatic N) is 1. The van der Waals surface area contributed by atoms with E-state index in [9.17, 15) is 0 Å². The molecule has 0 spiro atoms. The molecule has 0 radical (unpaired) electrons. The second-order valence-corrected chi connectivity index (χ2v) is 6.46. The molecule has 1 aliphatic heterocycles. The Hall–Kier alpha value is 0.270. The molecule has 2 nitrogen and oxygen atoms in total. The predicted octanol–water partition coefficient (Wildman–Crippen LogP) is 2.45. The molecular formula is C13H28N2S. The van der Waals surface area contributed by atoms with E-state index in [4.69, 9.17) is 0 Å². The lowest BCUT2D eigenvalue weighted by molar-refractivity contribution is 0.217. The fraction of sp³-hybridized carbons (Fsp3) is 1.00. The number of hydrogen-bond donors (Lipinski definition) is 1. The van der Waals surface area contributed by atoms with Gasteiger partial charge in [0, 0.05) is 30.6 Å². The summed E-state index contributed by atoms with van der Waals surface area (Å²) in [5.74, 6) is 3.43. The molecule has 0 aromatic rings. The van der Waals surface area contributed by atoms with E-state index in [1.807, 2.05) is 0 Å². The highest BCUT2D eigenvalue weighted by molar-refractivity contribution is 7.99. The van der Waals surface area contributed by atoms with Crippen molar-refractivity contribution in [3.8, 4) is 0 Å². The van der Waals surface area contributed by atoms with E-state index in [0.717, 1.165) is 18.5 Å². The third-order valence-corrected chi connectivity index (χ3v) is 4.14. The van der Waals surface area contributed by atoms with Gasteiger partial charge in [0.15, 0.2) is 0 Å². The monoisotopic (exact) mass is 244 g/mol. The van der Waals surface area contributed by atoms with Gasteiger partial charge in [-0.3, -0.25) is 4.90 Å². The molecule has 0 aromatic carbocycles. The van der Waals surface area contributed by atoms with Crippen molar-refractivity contribution in [3.05, 3.63) is 0 Å². The number of hydrogen-bond acceptors (Lipinski definition) is 3. The van der Waals surface area contributed by atoms with Crippen molar-refractivity contribution in [3.63, 3.8) is 0 Å². The third-order valence-electron chi connectivity index (χ3n) is 3.20. The molecule has 1 fully saturated rings. The number of nitrogens with one attached hydrogen (secondary N) is 1.